The lowest BCUT2D eigenvalue weighted by Gasteiger charge is -2.17. The second-order valence-corrected chi connectivity index (χ2v) is 3.91. The summed E-state index contributed by atoms with van der Waals surface area (Å²) in [5.74, 6) is -0.364. The molecule has 1 aromatic carbocycles. The monoisotopic (exact) mass is 243 g/mol. The summed E-state index contributed by atoms with van der Waals surface area (Å²) in [4.78, 5) is 0. The smallest absolute Gasteiger partial charge is 0.157 e. The van der Waals surface area contributed by atoms with Crippen molar-refractivity contribution in [3.05, 3.63) is 30.1 Å². The number of benzene rings is 1. The third-order valence-corrected chi connectivity index (χ3v) is 2.70. The number of ether oxygens (including phenoxy) is 1. The number of nitrogens with one attached hydrogen (secondary N) is 1. The molecule has 0 bridgehead atoms. The lowest BCUT2D eigenvalue weighted by Crippen LogP contribution is -2.36. The molecule has 0 unspecified atom stereocenters. The van der Waals surface area contributed by atoms with Gasteiger partial charge in [-0.05, 0) is 24.3 Å². The van der Waals surface area contributed by atoms with Gasteiger partial charge in [0.25, 0.3) is 0 Å². The first-order valence-electron chi connectivity index (χ1n) is 5.26. The van der Waals surface area contributed by atoms with E-state index in [1.165, 1.54) is 24.3 Å². The van der Waals surface area contributed by atoms with Gasteiger partial charge in [0.1, 0.15) is 24.1 Å². The third-order valence-electron chi connectivity index (χ3n) is 2.70. The van der Waals surface area contributed by atoms with Crippen LogP contribution in [0.1, 0.15) is 0 Å². The van der Waals surface area contributed by atoms with E-state index in [4.69, 9.17) is 9.84 Å². The van der Waals surface area contributed by atoms with Crippen molar-refractivity contribution in [3.63, 3.8) is 0 Å². The van der Waals surface area contributed by atoms with Crippen molar-refractivity contribution < 1.29 is 24.4 Å². The van der Waals surface area contributed by atoms with Crippen LogP contribution in [0.15, 0.2) is 24.3 Å². The van der Waals surface area contributed by atoms with Crippen LogP contribution in [0, 0.1) is 5.82 Å². The van der Waals surface area contributed by atoms with Gasteiger partial charge in [-0.25, -0.2) is 4.39 Å². The fraction of sp³-hybridized carbons (Fsp3) is 0.455. The van der Waals surface area contributed by atoms with Crippen LogP contribution in [0.2, 0.25) is 0 Å². The normalized spacial score (nSPS) is 32.7. The first-order chi connectivity index (χ1) is 8.11. The first kappa shape index (κ1) is 12.3. The molecule has 0 amide bonds. The fourth-order valence-corrected chi connectivity index (χ4v) is 1.73. The zero-order chi connectivity index (χ0) is 12.4. The standard InChI is InChI=1S/C11H14FNO4/c12-6-1-3-7(4-2-6)13-11-10(16)9(15)8(5-14)17-11/h1-4,8-11,13-16H,5H2/t8-,9+,10+,11+/m0/s1. The molecule has 1 heterocycles. The molecule has 1 aromatic rings. The van der Waals surface area contributed by atoms with Crippen molar-refractivity contribution in [1.29, 1.82) is 0 Å². The molecule has 1 aliphatic heterocycles. The Balaban J connectivity index is 2.02. The van der Waals surface area contributed by atoms with Gasteiger partial charge in [0.2, 0.25) is 0 Å². The van der Waals surface area contributed by atoms with Crippen LogP contribution in [0.4, 0.5) is 10.1 Å². The summed E-state index contributed by atoms with van der Waals surface area (Å²) >= 11 is 0. The van der Waals surface area contributed by atoms with Crippen molar-refractivity contribution in [3.8, 4) is 0 Å². The summed E-state index contributed by atoms with van der Waals surface area (Å²) in [6, 6.07) is 5.52. The highest BCUT2D eigenvalue weighted by Gasteiger charge is 2.42. The molecule has 0 spiro atoms. The molecular formula is C11H14FNO4. The number of hydrogen-bond acceptors (Lipinski definition) is 5. The summed E-state index contributed by atoms with van der Waals surface area (Å²) in [7, 11) is 0. The van der Waals surface area contributed by atoms with E-state index in [0.29, 0.717) is 5.69 Å². The van der Waals surface area contributed by atoms with Crippen molar-refractivity contribution in [2.75, 3.05) is 11.9 Å². The highest BCUT2D eigenvalue weighted by atomic mass is 19.1. The second-order valence-electron chi connectivity index (χ2n) is 3.91. The molecule has 5 nitrogen and oxygen atoms in total. The van der Waals surface area contributed by atoms with Crippen molar-refractivity contribution in [2.24, 2.45) is 0 Å². The van der Waals surface area contributed by atoms with E-state index in [9.17, 15) is 14.6 Å². The van der Waals surface area contributed by atoms with E-state index in [0.717, 1.165) is 0 Å². The lowest BCUT2D eigenvalue weighted by molar-refractivity contribution is -0.0153. The zero-order valence-electron chi connectivity index (χ0n) is 8.95. The quantitative estimate of drug-likeness (QED) is 0.585. The predicted molar refractivity (Wildman–Crippen MR) is 57.8 cm³/mol. The number of rotatable bonds is 3. The molecular weight excluding hydrogens is 229 g/mol. The molecule has 1 saturated heterocycles. The molecule has 2 rings (SSSR count). The Kier molecular flexibility index (Phi) is 3.58. The minimum atomic E-state index is -1.14. The van der Waals surface area contributed by atoms with Gasteiger partial charge in [-0.1, -0.05) is 0 Å². The number of aliphatic hydroxyl groups excluding tert-OH is 3. The summed E-state index contributed by atoms with van der Waals surface area (Å²) < 4.78 is 17.9. The summed E-state index contributed by atoms with van der Waals surface area (Å²) in [6.07, 6.45) is -3.93. The van der Waals surface area contributed by atoms with Gasteiger partial charge < -0.3 is 25.4 Å². The predicted octanol–water partition coefficient (Wildman–Crippen LogP) is -0.323. The largest absolute Gasteiger partial charge is 0.394 e. The molecule has 4 atom stereocenters. The van der Waals surface area contributed by atoms with Gasteiger partial charge in [0.15, 0.2) is 6.23 Å². The van der Waals surface area contributed by atoms with Gasteiger partial charge >= 0.3 is 0 Å². The van der Waals surface area contributed by atoms with E-state index in [-0.39, 0.29) is 12.4 Å². The van der Waals surface area contributed by atoms with Gasteiger partial charge in [-0.15, -0.1) is 0 Å². The first-order valence-corrected chi connectivity index (χ1v) is 5.26. The third kappa shape index (κ3) is 2.55. The van der Waals surface area contributed by atoms with E-state index in [1.54, 1.807) is 0 Å². The summed E-state index contributed by atoms with van der Waals surface area (Å²) in [5.41, 5.74) is 0.557. The van der Waals surface area contributed by atoms with E-state index >= 15 is 0 Å². The second kappa shape index (κ2) is 4.97. The minimum Gasteiger partial charge on any atom is -0.394 e. The Morgan fingerprint density at radius 2 is 1.82 bits per heavy atom. The Bertz CT molecular complexity index is 372. The molecule has 6 heteroatoms. The molecule has 94 valence electrons. The maximum atomic E-state index is 12.7. The van der Waals surface area contributed by atoms with Crippen LogP contribution in [0.3, 0.4) is 0 Å². The van der Waals surface area contributed by atoms with Crippen LogP contribution in [-0.4, -0.2) is 46.5 Å². The molecule has 0 aromatic heterocycles. The average Bonchev–Trinajstić information content (AvgIpc) is 2.60. The SMILES string of the molecule is OC[C@@H]1O[C@@H](Nc2ccc(F)cc2)[C@H](O)[C@@H]1O. The van der Waals surface area contributed by atoms with E-state index in [2.05, 4.69) is 5.32 Å². The Labute approximate surface area is 97.5 Å². The average molecular weight is 243 g/mol. The molecule has 0 saturated carbocycles. The Morgan fingerprint density at radius 3 is 2.35 bits per heavy atom. The topological polar surface area (TPSA) is 82.0 Å². The van der Waals surface area contributed by atoms with Crippen LogP contribution in [0.5, 0.6) is 0 Å². The maximum absolute atomic E-state index is 12.7. The van der Waals surface area contributed by atoms with Crippen LogP contribution >= 0.6 is 0 Å². The highest BCUT2D eigenvalue weighted by molar-refractivity contribution is 5.43. The number of halogens is 1. The van der Waals surface area contributed by atoms with Crippen LogP contribution in [-0.2, 0) is 4.74 Å². The molecule has 0 radical (unpaired) electrons. The van der Waals surface area contributed by atoms with Gasteiger partial charge in [0, 0.05) is 5.69 Å². The van der Waals surface area contributed by atoms with Crippen molar-refractivity contribution >= 4 is 5.69 Å². The molecule has 4 N–H and O–H groups in total. The Morgan fingerprint density at radius 1 is 1.18 bits per heavy atom. The summed E-state index contributed by atoms with van der Waals surface area (Å²) in [6.45, 7) is -0.375. The van der Waals surface area contributed by atoms with Gasteiger partial charge in [-0.2, -0.15) is 0 Å². The van der Waals surface area contributed by atoms with Gasteiger partial charge in [0.05, 0.1) is 6.61 Å². The Hall–Kier alpha value is -1.21. The van der Waals surface area contributed by atoms with Crippen molar-refractivity contribution in [2.45, 2.75) is 24.5 Å². The molecule has 1 fully saturated rings. The highest BCUT2D eigenvalue weighted by Crippen LogP contribution is 2.22. The molecule has 0 aliphatic carbocycles. The molecule has 17 heavy (non-hydrogen) atoms. The number of hydrogen-bond donors (Lipinski definition) is 4. The van der Waals surface area contributed by atoms with Crippen LogP contribution in [0.25, 0.3) is 0 Å². The van der Waals surface area contributed by atoms with Crippen LogP contribution < -0.4 is 5.32 Å². The van der Waals surface area contributed by atoms with Crippen molar-refractivity contribution in [1.82, 2.24) is 0 Å². The summed E-state index contributed by atoms with van der Waals surface area (Å²) in [5, 5.41) is 30.9. The fourth-order valence-electron chi connectivity index (χ4n) is 1.73. The zero-order valence-corrected chi connectivity index (χ0v) is 8.95. The minimum absolute atomic E-state index is 0.364. The van der Waals surface area contributed by atoms with Gasteiger partial charge in [-0.3, -0.25) is 0 Å². The van der Waals surface area contributed by atoms with E-state index in [1.807, 2.05) is 0 Å². The van der Waals surface area contributed by atoms with E-state index < -0.39 is 24.5 Å². The lowest BCUT2D eigenvalue weighted by atomic mass is 10.1. The molecule has 1 aliphatic rings. The number of anilines is 1. The maximum Gasteiger partial charge on any atom is 0.157 e. The number of aliphatic hydroxyl groups is 3.